The van der Waals surface area contributed by atoms with Crippen molar-refractivity contribution in [3.63, 3.8) is 0 Å². The summed E-state index contributed by atoms with van der Waals surface area (Å²) >= 11 is 0. The first kappa shape index (κ1) is 14.9. The van der Waals surface area contributed by atoms with Crippen LogP contribution in [0.4, 0.5) is 0 Å². The Morgan fingerprint density at radius 3 is 2.59 bits per heavy atom. The van der Waals surface area contributed by atoms with E-state index in [1.165, 1.54) is 4.31 Å². The van der Waals surface area contributed by atoms with Crippen molar-refractivity contribution in [3.8, 4) is 0 Å². The maximum Gasteiger partial charge on any atom is 0.281 e. The van der Waals surface area contributed by atoms with Crippen LogP contribution in [0.1, 0.15) is 33.1 Å². The van der Waals surface area contributed by atoms with E-state index < -0.39 is 10.2 Å². The van der Waals surface area contributed by atoms with Gasteiger partial charge in [-0.25, -0.2) is 0 Å². The number of hydrogen-bond acceptors (Lipinski definition) is 3. The van der Waals surface area contributed by atoms with Crippen LogP contribution in [-0.4, -0.2) is 49.8 Å². The van der Waals surface area contributed by atoms with E-state index >= 15 is 0 Å². The molecule has 0 radical (unpaired) electrons. The van der Waals surface area contributed by atoms with E-state index in [-0.39, 0.29) is 6.04 Å². The predicted molar refractivity (Wildman–Crippen MR) is 69.8 cm³/mol. The SMILES string of the molecule is CCCCN(C)S(=O)(=O)N1CC(CN)CC1C. The second kappa shape index (κ2) is 6.13. The molecule has 17 heavy (non-hydrogen) atoms. The highest BCUT2D eigenvalue weighted by molar-refractivity contribution is 7.86. The Morgan fingerprint density at radius 2 is 2.12 bits per heavy atom. The molecule has 0 bridgehead atoms. The van der Waals surface area contributed by atoms with Crippen LogP contribution in [-0.2, 0) is 10.2 Å². The molecular weight excluding hydrogens is 238 g/mol. The molecule has 0 aromatic rings. The minimum absolute atomic E-state index is 0.0672. The molecule has 1 rings (SSSR count). The summed E-state index contributed by atoms with van der Waals surface area (Å²) in [6.45, 7) is 5.74. The van der Waals surface area contributed by atoms with Gasteiger partial charge in [-0.05, 0) is 32.2 Å². The first-order chi connectivity index (χ1) is 7.93. The number of unbranched alkanes of at least 4 members (excludes halogenated alkanes) is 1. The van der Waals surface area contributed by atoms with Gasteiger partial charge in [-0.2, -0.15) is 17.0 Å². The van der Waals surface area contributed by atoms with Crippen molar-refractivity contribution in [2.24, 2.45) is 11.7 Å². The van der Waals surface area contributed by atoms with Gasteiger partial charge in [-0.15, -0.1) is 0 Å². The molecule has 1 fully saturated rings. The fourth-order valence-electron chi connectivity index (χ4n) is 2.28. The van der Waals surface area contributed by atoms with Gasteiger partial charge >= 0.3 is 0 Å². The summed E-state index contributed by atoms with van der Waals surface area (Å²) < 4.78 is 27.7. The Labute approximate surface area is 105 Å². The molecule has 2 atom stereocenters. The van der Waals surface area contributed by atoms with Gasteiger partial charge in [-0.1, -0.05) is 13.3 Å². The Hall–Kier alpha value is -0.170. The maximum absolute atomic E-state index is 12.3. The van der Waals surface area contributed by atoms with Gasteiger partial charge in [0.1, 0.15) is 0 Å². The molecule has 0 aliphatic carbocycles. The summed E-state index contributed by atoms with van der Waals surface area (Å²) in [5, 5.41) is 0. The minimum Gasteiger partial charge on any atom is -0.330 e. The lowest BCUT2D eigenvalue weighted by Crippen LogP contribution is -2.44. The number of nitrogens with zero attached hydrogens (tertiary/aromatic N) is 2. The highest BCUT2D eigenvalue weighted by atomic mass is 32.2. The van der Waals surface area contributed by atoms with Crippen molar-refractivity contribution in [1.82, 2.24) is 8.61 Å². The molecule has 5 nitrogen and oxygen atoms in total. The van der Waals surface area contributed by atoms with Crippen LogP contribution in [0.25, 0.3) is 0 Å². The molecule has 0 aromatic heterocycles. The second-order valence-electron chi connectivity index (χ2n) is 4.94. The molecule has 1 saturated heterocycles. The maximum atomic E-state index is 12.3. The highest BCUT2D eigenvalue weighted by Crippen LogP contribution is 2.26. The highest BCUT2D eigenvalue weighted by Gasteiger charge is 2.38. The molecule has 0 spiro atoms. The van der Waals surface area contributed by atoms with Crippen molar-refractivity contribution in [1.29, 1.82) is 0 Å². The van der Waals surface area contributed by atoms with Crippen LogP contribution in [0, 0.1) is 5.92 Å². The van der Waals surface area contributed by atoms with Crippen LogP contribution >= 0.6 is 0 Å². The molecular formula is C11H25N3O2S. The third-order valence-electron chi connectivity index (χ3n) is 3.45. The summed E-state index contributed by atoms with van der Waals surface area (Å²) in [5.41, 5.74) is 5.62. The van der Waals surface area contributed by atoms with E-state index in [1.54, 1.807) is 11.4 Å². The van der Waals surface area contributed by atoms with Crippen LogP contribution < -0.4 is 5.73 Å². The van der Waals surface area contributed by atoms with Gasteiger partial charge in [0, 0.05) is 26.2 Å². The number of nitrogens with two attached hydrogens (primary N) is 1. The van der Waals surface area contributed by atoms with E-state index in [0.717, 1.165) is 19.3 Å². The first-order valence-electron chi connectivity index (χ1n) is 6.36. The van der Waals surface area contributed by atoms with Gasteiger partial charge in [0.05, 0.1) is 0 Å². The van der Waals surface area contributed by atoms with Gasteiger partial charge in [0.25, 0.3) is 10.2 Å². The van der Waals surface area contributed by atoms with E-state index in [4.69, 9.17) is 5.73 Å². The van der Waals surface area contributed by atoms with Crippen molar-refractivity contribution in [2.75, 3.05) is 26.7 Å². The van der Waals surface area contributed by atoms with Crippen LogP contribution in [0.2, 0.25) is 0 Å². The Balaban J connectivity index is 2.70. The molecule has 0 saturated carbocycles. The Kier molecular flexibility index (Phi) is 5.37. The zero-order chi connectivity index (χ0) is 13.1. The zero-order valence-corrected chi connectivity index (χ0v) is 11.9. The van der Waals surface area contributed by atoms with Crippen molar-refractivity contribution in [3.05, 3.63) is 0 Å². The lowest BCUT2D eigenvalue weighted by molar-refractivity contribution is 0.350. The first-order valence-corrected chi connectivity index (χ1v) is 7.76. The zero-order valence-electron chi connectivity index (χ0n) is 11.1. The topological polar surface area (TPSA) is 66.6 Å². The number of rotatable bonds is 6. The van der Waals surface area contributed by atoms with E-state index in [0.29, 0.717) is 25.6 Å². The Morgan fingerprint density at radius 1 is 1.47 bits per heavy atom. The van der Waals surface area contributed by atoms with Crippen LogP contribution in [0.3, 0.4) is 0 Å². The summed E-state index contributed by atoms with van der Waals surface area (Å²) in [6.07, 6.45) is 2.77. The lowest BCUT2D eigenvalue weighted by Gasteiger charge is -2.27. The quantitative estimate of drug-likeness (QED) is 0.764. The summed E-state index contributed by atoms with van der Waals surface area (Å²) in [4.78, 5) is 0. The standard InChI is InChI=1S/C11H25N3O2S/c1-4-5-6-13(3)17(15,16)14-9-11(8-12)7-10(14)2/h10-11H,4-9,12H2,1-3H3. The fraction of sp³-hybridized carbons (Fsp3) is 1.00. The van der Waals surface area contributed by atoms with E-state index in [9.17, 15) is 8.42 Å². The Bertz CT molecular complexity index is 332. The van der Waals surface area contributed by atoms with Gasteiger partial charge in [-0.3, -0.25) is 0 Å². The van der Waals surface area contributed by atoms with Crippen molar-refractivity contribution < 1.29 is 8.42 Å². The summed E-state index contributed by atoms with van der Waals surface area (Å²) in [6, 6.07) is 0.0672. The fourth-order valence-corrected chi connectivity index (χ4v) is 3.93. The van der Waals surface area contributed by atoms with E-state index in [1.807, 2.05) is 6.92 Å². The van der Waals surface area contributed by atoms with Gasteiger partial charge in [0.2, 0.25) is 0 Å². The second-order valence-corrected chi connectivity index (χ2v) is 6.93. The van der Waals surface area contributed by atoms with Crippen molar-refractivity contribution in [2.45, 2.75) is 39.2 Å². The smallest absolute Gasteiger partial charge is 0.281 e. The predicted octanol–water partition coefficient (Wildman–Crippen LogP) is 0.632. The molecule has 102 valence electrons. The largest absolute Gasteiger partial charge is 0.330 e. The van der Waals surface area contributed by atoms with Gasteiger partial charge < -0.3 is 5.73 Å². The molecule has 2 N–H and O–H groups in total. The minimum atomic E-state index is -3.29. The van der Waals surface area contributed by atoms with Crippen LogP contribution in [0.15, 0.2) is 0 Å². The van der Waals surface area contributed by atoms with E-state index in [2.05, 4.69) is 6.92 Å². The summed E-state index contributed by atoms with van der Waals surface area (Å²) in [5.74, 6) is 0.305. The lowest BCUT2D eigenvalue weighted by atomic mass is 10.1. The average Bonchev–Trinajstić information content (AvgIpc) is 2.67. The molecule has 0 amide bonds. The molecule has 0 aromatic carbocycles. The molecule has 6 heteroatoms. The van der Waals surface area contributed by atoms with Crippen molar-refractivity contribution >= 4 is 10.2 Å². The monoisotopic (exact) mass is 263 g/mol. The number of hydrogen-bond donors (Lipinski definition) is 1. The molecule has 1 aliphatic rings. The third kappa shape index (κ3) is 3.40. The third-order valence-corrected chi connectivity index (χ3v) is 5.53. The molecule has 1 heterocycles. The summed E-state index contributed by atoms with van der Waals surface area (Å²) in [7, 11) is -1.63. The normalized spacial score (nSPS) is 26.9. The molecule has 1 aliphatic heterocycles. The molecule has 2 unspecified atom stereocenters. The van der Waals surface area contributed by atoms with Crippen LogP contribution in [0.5, 0.6) is 0 Å². The van der Waals surface area contributed by atoms with Gasteiger partial charge in [0.15, 0.2) is 0 Å². The average molecular weight is 263 g/mol.